The predicted octanol–water partition coefficient (Wildman–Crippen LogP) is -1.02. The van der Waals surface area contributed by atoms with Crippen LogP contribution in [-0.2, 0) is 3.80 Å². The summed E-state index contributed by atoms with van der Waals surface area (Å²) in [6.07, 6.45) is 0. The number of halogens is 1. The van der Waals surface area contributed by atoms with Gasteiger partial charge < -0.3 is 0 Å². The summed E-state index contributed by atoms with van der Waals surface area (Å²) < 4.78 is 25.4. The van der Waals surface area contributed by atoms with Gasteiger partial charge in [0.15, 0.2) is 0 Å². The average Bonchev–Trinajstić information content (AvgIpc) is 1.46. The van der Waals surface area contributed by atoms with Gasteiger partial charge in [-0.05, 0) is 0 Å². The third-order valence-electron chi connectivity index (χ3n) is 0. The van der Waals surface area contributed by atoms with E-state index >= 15 is 0 Å². The third kappa shape index (κ3) is 27.0. The van der Waals surface area contributed by atoms with Crippen LogP contribution in [0, 0.1) is 0 Å². The number of rotatable bonds is 0. The van der Waals surface area contributed by atoms with E-state index < -0.39 is 65.4 Å². The standard InChI is InChI=1S/Al.FH.K.H2O.O/h;1H;;1H2;/q+1;;+1;;/p-2. The second-order valence-electron chi connectivity index (χ2n) is 0.105. The second-order valence-corrected chi connectivity index (χ2v) is 0.316. The molecule has 0 aromatic heterocycles. The Kier molecular flexibility index (Phi) is 34.0. The third-order valence-corrected chi connectivity index (χ3v) is 0. The van der Waals surface area contributed by atoms with Crippen LogP contribution in [0.4, 0.5) is -0.211 Å². The van der Waals surface area contributed by atoms with E-state index in [9.17, 15) is -0.211 Å². The first kappa shape index (κ1) is 9.85. The van der Waals surface area contributed by atoms with E-state index in [-0.39, 0.29) is 0 Å². The fourth-order valence-corrected chi connectivity index (χ4v) is 0. The van der Waals surface area contributed by atoms with E-state index in [1.807, 2.05) is 0 Å². The summed E-state index contributed by atoms with van der Waals surface area (Å²) in [5.41, 5.74) is 0. The summed E-state index contributed by atoms with van der Waals surface area (Å²) in [4.78, 5) is 0. The van der Waals surface area contributed by atoms with Gasteiger partial charge in [-0.15, -0.1) is 0 Å². The van der Waals surface area contributed by atoms with E-state index in [0.717, 1.165) is 0 Å². The van der Waals surface area contributed by atoms with Crippen molar-refractivity contribution < 1.29 is 7.75 Å². The Bertz CT molecular complexity index is 17.1. The monoisotopic (exact) mass is 118 g/mol. The van der Waals surface area contributed by atoms with Gasteiger partial charge in [-0.2, -0.15) is 0 Å². The van der Waals surface area contributed by atoms with Gasteiger partial charge in [-0.3, -0.25) is 0 Å². The van der Waals surface area contributed by atoms with Crippen LogP contribution in [0.1, 0.15) is 0 Å². The van der Waals surface area contributed by atoms with Gasteiger partial charge in [-0.1, -0.05) is 0 Å². The fraction of sp³-hybridized carbons (Fsp3) is 0. The van der Waals surface area contributed by atoms with Crippen LogP contribution in [0.15, 0.2) is 0 Å². The van der Waals surface area contributed by atoms with E-state index in [2.05, 4.69) is 0 Å². The SMILES string of the molecule is [F][K].[O]=[Al][OH]. The van der Waals surface area contributed by atoms with Gasteiger partial charge in [0.25, 0.3) is 0 Å². The molecule has 5 heteroatoms. The summed E-state index contributed by atoms with van der Waals surface area (Å²) in [7, 11) is 0. The van der Waals surface area contributed by atoms with E-state index in [0.29, 0.717) is 0 Å². The van der Waals surface area contributed by atoms with Crippen molar-refractivity contribution in [2.75, 3.05) is 0 Å². The van der Waals surface area contributed by atoms with Crippen molar-refractivity contribution in [2.45, 2.75) is 0 Å². The molecule has 0 radical (unpaired) electrons. The van der Waals surface area contributed by atoms with Crippen LogP contribution in [0.5, 0.6) is 0 Å². The van der Waals surface area contributed by atoms with Gasteiger partial charge in [0.05, 0.1) is 0 Å². The Balaban J connectivity index is 0. The van der Waals surface area contributed by atoms with Crippen LogP contribution >= 0.6 is 0 Å². The fourth-order valence-electron chi connectivity index (χ4n) is 0. The Morgan fingerprint density at radius 1 is 1.80 bits per heavy atom. The summed E-state index contributed by atoms with van der Waals surface area (Å²) in [5, 5.41) is 0. The zero-order valence-corrected chi connectivity index (χ0v) is 7.09. The van der Waals surface area contributed by atoms with Crippen LogP contribution in [0.3, 0.4) is 0 Å². The van der Waals surface area contributed by atoms with Gasteiger partial charge >= 0.3 is 73.1 Å². The first-order chi connectivity index (χ1) is 2.41. The van der Waals surface area contributed by atoms with E-state index in [1.165, 1.54) is 0 Å². The molecule has 2 nitrogen and oxygen atoms in total. The molecular formula is HAlFKO2. The maximum atomic E-state index is 9.69. The molecule has 0 unspecified atom stereocenters. The van der Waals surface area contributed by atoms with Crippen molar-refractivity contribution in [3.8, 4) is 0 Å². The second kappa shape index (κ2) is 17.3. The maximum absolute atomic E-state index is 9.69. The van der Waals surface area contributed by atoms with Crippen LogP contribution in [-0.4, -0.2) is 69.6 Å². The van der Waals surface area contributed by atoms with E-state index in [1.54, 1.807) is 0 Å². The van der Waals surface area contributed by atoms with Crippen molar-refractivity contribution in [2.24, 2.45) is 0 Å². The quantitative estimate of drug-likeness (QED) is 0.413. The molecule has 0 bridgehead atoms. The Labute approximate surface area is 71.6 Å². The minimum atomic E-state index is -1.50. The molecule has 0 aromatic carbocycles. The first-order valence-corrected chi connectivity index (χ1v) is 3.04. The van der Waals surface area contributed by atoms with Gasteiger partial charge in [-0.25, -0.2) is 0 Å². The molecule has 5 heavy (non-hydrogen) atoms. The van der Waals surface area contributed by atoms with Gasteiger partial charge in [0, 0.05) is 0 Å². The molecule has 0 atom stereocenters. The van der Waals surface area contributed by atoms with Crippen LogP contribution in [0.25, 0.3) is 0 Å². The van der Waals surface area contributed by atoms with Crippen molar-refractivity contribution in [1.82, 2.24) is 0 Å². The molecule has 0 aliphatic carbocycles. The van der Waals surface area contributed by atoms with Gasteiger partial charge in [0.2, 0.25) is 0 Å². The molecule has 0 spiro atoms. The topological polar surface area (TPSA) is 37.3 Å². The van der Waals surface area contributed by atoms with Crippen molar-refractivity contribution in [1.29, 1.82) is 0 Å². The molecule has 0 saturated carbocycles. The zero-order valence-electron chi connectivity index (χ0n) is 2.81. The number of hydrogen-bond acceptors (Lipinski definition) is 1. The Hall–Kier alpha value is 1.70. The molecule has 1 N–H and O–H groups in total. The molecule has 0 fully saturated rings. The predicted molar refractivity (Wildman–Crippen MR) is 15.5 cm³/mol. The Morgan fingerprint density at radius 3 is 1.80 bits per heavy atom. The minimum absolute atomic E-state index is 0.438. The molecule has 0 aromatic rings. The first-order valence-electron chi connectivity index (χ1n) is 0.872. The molecule has 0 saturated heterocycles. The average molecular weight is 118 g/mol. The normalized spacial score (nSPS) is 3.00. The Morgan fingerprint density at radius 2 is 1.80 bits per heavy atom. The summed E-state index contributed by atoms with van der Waals surface area (Å²) in [6.45, 7) is 0. The molecule has 24 valence electrons. The van der Waals surface area contributed by atoms with Crippen molar-refractivity contribution in [3.63, 3.8) is 0 Å². The molecule has 0 aliphatic heterocycles. The van der Waals surface area contributed by atoms with Crippen LogP contribution in [0.2, 0.25) is 0 Å². The molecular weight excluding hydrogens is 117 g/mol. The molecule has 0 heterocycles. The van der Waals surface area contributed by atoms with Gasteiger partial charge in [0.1, 0.15) is 0 Å². The molecule has 0 amide bonds. The number of hydrogen-bond donors (Lipinski definition) is 1. The van der Waals surface area contributed by atoms with Crippen molar-refractivity contribution in [3.05, 3.63) is 0 Å². The summed E-state index contributed by atoms with van der Waals surface area (Å²) in [6, 6.07) is 0. The molecule has 0 aliphatic rings. The zero-order chi connectivity index (χ0) is 4.71. The van der Waals surface area contributed by atoms with E-state index in [4.69, 9.17) is 7.96 Å². The van der Waals surface area contributed by atoms with Crippen molar-refractivity contribution >= 4 is 65.4 Å². The molecule has 0 rings (SSSR count). The summed E-state index contributed by atoms with van der Waals surface area (Å²) in [5.74, 6) is 0. The summed E-state index contributed by atoms with van der Waals surface area (Å²) >= 11 is -1.94. The van der Waals surface area contributed by atoms with Crippen LogP contribution < -0.4 is 0 Å².